The molecule has 6 nitrogen and oxygen atoms in total. The van der Waals surface area contributed by atoms with Crippen molar-refractivity contribution in [2.75, 3.05) is 46.9 Å². The summed E-state index contributed by atoms with van der Waals surface area (Å²) in [7, 11) is 3.47. The SMILES string of the molecule is COc1sc(CN2CCOC(CN(C)CC(=O)O)C2)cc1Br. The highest BCUT2D eigenvalue weighted by molar-refractivity contribution is 9.10. The Balaban J connectivity index is 1.86. The summed E-state index contributed by atoms with van der Waals surface area (Å²) < 4.78 is 12.0. The summed E-state index contributed by atoms with van der Waals surface area (Å²) in [5, 5.41) is 9.69. The molecule has 2 heterocycles. The molecule has 2 rings (SSSR count). The Kier molecular flexibility index (Phi) is 6.64. The van der Waals surface area contributed by atoms with Gasteiger partial charge in [-0.3, -0.25) is 14.6 Å². The van der Waals surface area contributed by atoms with Crippen LogP contribution in [0.5, 0.6) is 5.06 Å². The van der Waals surface area contributed by atoms with Gasteiger partial charge in [0, 0.05) is 31.1 Å². The number of methoxy groups -OCH3 is 1. The molecule has 0 aliphatic carbocycles. The molecule has 0 amide bonds. The first-order chi connectivity index (χ1) is 10.5. The third kappa shape index (κ3) is 5.20. The van der Waals surface area contributed by atoms with E-state index in [0.717, 1.165) is 29.2 Å². The number of likely N-dealkylation sites (N-methyl/N-ethyl adjacent to an activating group) is 1. The first-order valence-electron chi connectivity index (χ1n) is 7.04. The molecule has 1 fully saturated rings. The van der Waals surface area contributed by atoms with Crippen molar-refractivity contribution >= 4 is 33.2 Å². The molecule has 1 aromatic rings. The zero-order valence-corrected chi connectivity index (χ0v) is 15.2. The highest BCUT2D eigenvalue weighted by atomic mass is 79.9. The van der Waals surface area contributed by atoms with Crippen LogP contribution in [0.3, 0.4) is 0 Å². The highest BCUT2D eigenvalue weighted by Gasteiger charge is 2.23. The number of aliphatic carboxylic acids is 1. The van der Waals surface area contributed by atoms with Crippen LogP contribution in [-0.4, -0.2) is 73.9 Å². The number of carbonyl (C=O) groups is 1. The second-order valence-electron chi connectivity index (χ2n) is 5.37. The fourth-order valence-corrected chi connectivity index (χ4v) is 4.25. The van der Waals surface area contributed by atoms with Crippen LogP contribution in [0.2, 0.25) is 0 Å². The van der Waals surface area contributed by atoms with Gasteiger partial charge in [0.15, 0.2) is 5.06 Å². The van der Waals surface area contributed by atoms with E-state index in [1.165, 1.54) is 4.88 Å². The third-order valence-corrected chi connectivity index (χ3v) is 5.35. The fraction of sp³-hybridized carbons (Fsp3) is 0.643. The van der Waals surface area contributed by atoms with Gasteiger partial charge in [-0.1, -0.05) is 0 Å². The monoisotopic (exact) mass is 392 g/mol. The number of carboxylic acids is 1. The van der Waals surface area contributed by atoms with E-state index >= 15 is 0 Å². The van der Waals surface area contributed by atoms with Crippen molar-refractivity contribution in [1.82, 2.24) is 9.80 Å². The van der Waals surface area contributed by atoms with Crippen molar-refractivity contribution in [3.63, 3.8) is 0 Å². The number of hydrogen-bond donors (Lipinski definition) is 1. The number of thiophene rings is 1. The number of morpholine rings is 1. The smallest absolute Gasteiger partial charge is 0.317 e. The van der Waals surface area contributed by atoms with Crippen LogP contribution in [0.4, 0.5) is 0 Å². The van der Waals surface area contributed by atoms with E-state index < -0.39 is 5.97 Å². The molecule has 8 heteroatoms. The summed E-state index contributed by atoms with van der Waals surface area (Å²) in [5.41, 5.74) is 0. The normalized spacial score (nSPS) is 19.5. The van der Waals surface area contributed by atoms with Crippen LogP contribution in [0.15, 0.2) is 10.5 Å². The van der Waals surface area contributed by atoms with Gasteiger partial charge in [-0.05, 0) is 29.0 Å². The first-order valence-corrected chi connectivity index (χ1v) is 8.65. The van der Waals surface area contributed by atoms with Gasteiger partial charge >= 0.3 is 5.97 Å². The third-order valence-electron chi connectivity index (χ3n) is 3.41. The van der Waals surface area contributed by atoms with E-state index in [1.54, 1.807) is 30.4 Å². The Morgan fingerprint density at radius 1 is 1.68 bits per heavy atom. The second kappa shape index (κ2) is 8.26. The summed E-state index contributed by atoms with van der Waals surface area (Å²) in [6, 6.07) is 2.09. The molecule has 1 aromatic heterocycles. The molecule has 124 valence electrons. The predicted molar refractivity (Wildman–Crippen MR) is 88.7 cm³/mol. The van der Waals surface area contributed by atoms with E-state index in [0.29, 0.717) is 13.2 Å². The Labute approximate surface area is 142 Å². The molecule has 1 aliphatic heterocycles. The van der Waals surface area contributed by atoms with E-state index in [4.69, 9.17) is 14.6 Å². The summed E-state index contributed by atoms with van der Waals surface area (Å²) in [6.07, 6.45) is 0.0448. The van der Waals surface area contributed by atoms with Crippen molar-refractivity contribution in [3.05, 3.63) is 15.4 Å². The molecular weight excluding hydrogens is 372 g/mol. The van der Waals surface area contributed by atoms with Crippen LogP contribution >= 0.6 is 27.3 Å². The molecule has 0 bridgehead atoms. The standard InChI is InChI=1S/C14H21BrN2O4S/c1-16(9-13(18)19)6-10-7-17(3-4-21-10)8-11-5-12(15)14(20-2)22-11/h5,10H,3-4,6-9H2,1-2H3,(H,18,19). The van der Waals surface area contributed by atoms with Gasteiger partial charge in [-0.2, -0.15) is 0 Å². The second-order valence-corrected chi connectivity index (χ2v) is 7.32. The van der Waals surface area contributed by atoms with Gasteiger partial charge in [-0.15, -0.1) is 11.3 Å². The number of nitrogens with zero attached hydrogens (tertiary/aromatic N) is 2. The van der Waals surface area contributed by atoms with Crippen molar-refractivity contribution in [2.45, 2.75) is 12.6 Å². The van der Waals surface area contributed by atoms with E-state index in [9.17, 15) is 4.79 Å². The molecule has 0 spiro atoms. The Morgan fingerprint density at radius 3 is 3.09 bits per heavy atom. The minimum atomic E-state index is -0.814. The van der Waals surface area contributed by atoms with Gasteiger partial charge in [0.25, 0.3) is 0 Å². The van der Waals surface area contributed by atoms with Crippen LogP contribution in [0.25, 0.3) is 0 Å². The molecule has 22 heavy (non-hydrogen) atoms. The van der Waals surface area contributed by atoms with Crippen molar-refractivity contribution in [2.24, 2.45) is 0 Å². The average molecular weight is 393 g/mol. The molecule has 1 N–H and O–H groups in total. The topological polar surface area (TPSA) is 62.2 Å². The van der Waals surface area contributed by atoms with Gasteiger partial charge in [0.1, 0.15) is 0 Å². The number of rotatable bonds is 7. The molecule has 1 unspecified atom stereocenters. The molecule has 0 saturated carbocycles. The highest BCUT2D eigenvalue weighted by Crippen LogP contribution is 2.35. The van der Waals surface area contributed by atoms with Crippen LogP contribution in [0.1, 0.15) is 4.88 Å². The van der Waals surface area contributed by atoms with Gasteiger partial charge < -0.3 is 14.6 Å². The average Bonchev–Trinajstić information content (AvgIpc) is 2.78. The molecule has 1 aliphatic rings. The lowest BCUT2D eigenvalue weighted by Gasteiger charge is -2.34. The van der Waals surface area contributed by atoms with Crippen molar-refractivity contribution in [3.8, 4) is 5.06 Å². The van der Waals surface area contributed by atoms with Gasteiger partial charge in [0.2, 0.25) is 0 Å². The van der Waals surface area contributed by atoms with E-state index in [2.05, 4.69) is 26.9 Å². The zero-order chi connectivity index (χ0) is 16.1. The molecule has 1 atom stereocenters. The molecule has 1 saturated heterocycles. The lowest BCUT2D eigenvalue weighted by molar-refractivity contribution is -0.138. The minimum Gasteiger partial charge on any atom is -0.486 e. The summed E-state index contributed by atoms with van der Waals surface area (Å²) in [6.45, 7) is 3.89. The van der Waals surface area contributed by atoms with Crippen LogP contribution in [-0.2, 0) is 16.1 Å². The maximum atomic E-state index is 10.7. The first kappa shape index (κ1) is 17.7. The Bertz CT molecular complexity index is 511. The number of hydrogen-bond acceptors (Lipinski definition) is 6. The van der Waals surface area contributed by atoms with Crippen LogP contribution in [0, 0.1) is 0 Å². The Hall–Kier alpha value is -0.670. The maximum Gasteiger partial charge on any atom is 0.317 e. The molecule has 0 aromatic carbocycles. The quantitative estimate of drug-likeness (QED) is 0.762. The summed E-state index contributed by atoms with van der Waals surface area (Å²) in [5.74, 6) is -0.814. The number of halogens is 1. The summed E-state index contributed by atoms with van der Waals surface area (Å²) >= 11 is 5.13. The van der Waals surface area contributed by atoms with Crippen molar-refractivity contribution < 1.29 is 19.4 Å². The fourth-order valence-electron chi connectivity index (χ4n) is 2.51. The number of carboxylic acid groups (broad SMARTS) is 1. The van der Waals surface area contributed by atoms with Crippen LogP contribution < -0.4 is 4.74 Å². The lowest BCUT2D eigenvalue weighted by atomic mass is 10.2. The summed E-state index contributed by atoms with van der Waals surface area (Å²) in [4.78, 5) is 16.1. The van der Waals surface area contributed by atoms with Gasteiger partial charge in [-0.25, -0.2) is 0 Å². The Morgan fingerprint density at radius 2 is 2.45 bits per heavy atom. The molecular formula is C14H21BrN2O4S. The predicted octanol–water partition coefficient (Wildman–Crippen LogP) is 1.74. The number of ether oxygens (including phenoxy) is 2. The van der Waals surface area contributed by atoms with E-state index in [-0.39, 0.29) is 12.6 Å². The largest absolute Gasteiger partial charge is 0.486 e. The zero-order valence-electron chi connectivity index (χ0n) is 12.7. The maximum absolute atomic E-state index is 10.7. The lowest BCUT2D eigenvalue weighted by Crippen LogP contribution is -2.47. The van der Waals surface area contributed by atoms with Crippen molar-refractivity contribution in [1.29, 1.82) is 0 Å². The van der Waals surface area contributed by atoms with E-state index in [1.807, 2.05) is 0 Å². The molecule has 0 radical (unpaired) electrons. The minimum absolute atomic E-state index is 0.0366. The van der Waals surface area contributed by atoms with Gasteiger partial charge in [0.05, 0.1) is 30.8 Å².